The highest BCUT2D eigenvalue weighted by Crippen LogP contribution is 2.51. The lowest BCUT2D eigenvalue weighted by Gasteiger charge is -2.45. The van der Waals surface area contributed by atoms with Gasteiger partial charge in [-0.15, -0.1) is 0 Å². The second-order valence-corrected chi connectivity index (χ2v) is 12.4. The first-order valence-electron chi connectivity index (χ1n) is 14.9. The number of rotatable bonds is 8. The maximum atomic E-state index is 14.0. The third kappa shape index (κ3) is 4.32. The number of hydrogen-bond donors (Lipinski definition) is 4. The molecule has 3 fully saturated rings. The molecule has 4 aromatic rings. The highest BCUT2D eigenvalue weighted by Gasteiger charge is 2.59. The Bertz CT molecular complexity index is 1520. The maximum Gasteiger partial charge on any atom is 0.236 e. The molecule has 6 heteroatoms. The topological polar surface area (TPSA) is 98.7 Å². The molecule has 3 aliphatic rings. The molecule has 4 N–H and O–H groups in total. The summed E-state index contributed by atoms with van der Waals surface area (Å²) in [6.07, 6.45) is 5.04. The van der Waals surface area contributed by atoms with Gasteiger partial charge < -0.3 is 20.8 Å². The van der Waals surface area contributed by atoms with Crippen molar-refractivity contribution in [2.45, 2.75) is 74.7 Å². The molecule has 0 aliphatic heterocycles. The molecule has 210 valence electrons. The number of amides is 2. The van der Waals surface area contributed by atoms with Crippen LogP contribution in [0.25, 0.3) is 21.5 Å². The Hall–Kier alpha value is -3.74. The normalized spacial score (nSPS) is 21.2. The fraction of sp³-hybridized carbons (Fsp3) is 0.371. The van der Waals surface area contributed by atoms with Crippen molar-refractivity contribution in [3.05, 3.63) is 96.1 Å². The Kier molecular flexibility index (Phi) is 6.18. The molecule has 0 spiro atoms. The second kappa shape index (κ2) is 9.68. The van der Waals surface area contributed by atoms with Gasteiger partial charge in [-0.05, 0) is 84.0 Å². The van der Waals surface area contributed by atoms with E-state index in [9.17, 15) is 19.8 Å². The van der Waals surface area contributed by atoms with Gasteiger partial charge in [0.2, 0.25) is 11.8 Å². The van der Waals surface area contributed by atoms with Crippen LogP contribution in [-0.4, -0.2) is 33.2 Å². The summed E-state index contributed by atoms with van der Waals surface area (Å²) in [6.45, 7) is 0. The molecule has 3 aliphatic carbocycles. The summed E-state index contributed by atoms with van der Waals surface area (Å²) < 4.78 is 0. The van der Waals surface area contributed by atoms with Gasteiger partial charge in [-0.1, -0.05) is 84.9 Å². The predicted octanol–water partition coefficient (Wildman–Crippen LogP) is 5.62. The van der Waals surface area contributed by atoms with Gasteiger partial charge in [0.1, 0.15) is 5.41 Å². The summed E-state index contributed by atoms with van der Waals surface area (Å²) in [6, 6.07) is 26.6. The van der Waals surface area contributed by atoms with Crippen molar-refractivity contribution in [3.8, 4) is 0 Å². The van der Waals surface area contributed by atoms with E-state index in [-0.39, 0.29) is 11.8 Å². The summed E-state index contributed by atoms with van der Waals surface area (Å²) in [5, 5.41) is 33.4. The average Bonchev–Trinajstić information content (AvgIpc) is 3.78. The molecule has 7 rings (SSSR count). The van der Waals surface area contributed by atoms with Crippen molar-refractivity contribution in [3.63, 3.8) is 0 Å². The number of fused-ring (bicyclic) bond motifs is 2. The lowest BCUT2D eigenvalue weighted by atomic mass is 9.71. The van der Waals surface area contributed by atoms with Crippen LogP contribution in [-0.2, 0) is 9.59 Å². The Morgan fingerprint density at radius 3 is 1.32 bits per heavy atom. The minimum Gasteiger partial charge on any atom is -0.387 e. The van der Waals surface area contributed by atoms with Crippen molar-refractivity contribution in [2.24, 2.45) is 5.41 Å². The molecule has 6 nitrogen and oxygen atoms in total. The van der Waals surface area contributed by atoms with Crippen LogP contribution in [0.1, 0.15) is 74.6 Å². The smallest absolute Gasteiger partial charge is 0.236 e. The first-order valence-corrected chi connectivity index (χ1v) is 14.9. The predicted molar refractivity (Wildman–Crippen MR) is 159 cm³/mol. The molecule has 0 unspecified atom stereocenters. The third-order valence-electron chi connectivity index (χ3n) is 9.95. The Balaban J connectivity index is 1.19. The van der Waals surface area contributed by atoms with Gasteiger partial charge in [-0.2, -0.15) is 0 Å². The van der Waals surface area contributed by atoms with Gasteiger partial charge in [0.25, 0.3) is 0 Å². The molecular formula is C35H36N2O4. The summed E-state index contributed by atoms with van der Waals surface area (Å²) >= 11 is 0. The van der Waals surface area contributed by atoms with Crippen LogP contribution in [0, 0.1) is 5.41 Å². The molecule has 0 saturated heterocycles. The molecular weight excluding hydrogens is 512 g/mol. The summed E-state index contributed by atoms with van der Waals surface area (Å²) in [5.74, 6) is -0.712. The highest BCUT2D eigenvalue weighted by molar-refractivity contribution is 6.08. The van der Waals surface area contributed by atoms with Crippen molar-refractivity contribution < 1.29 is 19.8 Å². The molecule has 2 atom stereocenters. The fourth-order valence-electron chi connectivity index (χ4n) is 6.88. The van der Waals surface area contributed by atoms with Crippen LogP contribution in [0.3, 0.4) is 0 Å². The molecule has 0 bridgehead atoms. The van der Waals surface area contributed by atoms with E-state index in [1.165, 1.54) is 0 Å². The van der Waals surface area contributed by atoms with Gasteiger partial charge >= 0.3 is 0 Å². The minimum atomic E-state index is -1.22. The van der Waals surface area contributed by atoms with Crippen LogP contribution in [0.2, 0.25) is 0 Å². The standard InChI is InChI=1S/C35H36N2O4/c38-31(36-29(34(40)17-7-18-34)27-15-5-11-23-9-1-3-13-25(23)27)33(21-22-33)32(39)37-30(35(41)19-8-20-35)28-16-6-12-24-10-2-4-14-26(24)28/h1-6,9-16,29-30,40-41H,7-8,17-22H2,(H,36,38)(H,37,39)/t29-,30-/m0/s1. The quantitative estimate of drug-likeness (QED) is 0.215. The average molecular weight is 549 g/mol. The van der Waals surface area contributed by atoms with E-state index in [0.717, 1.165) is 45.5 Å². The van der Waals surface area contributed by atoms with Crippen LogP contribution in [0.4, 0.5) is 0 Å². The number of aliphatic hydroxyl groups is 2. The van der Waals surface area contributed by atoms with Crippen LogP contribution in [0.5, 0.6) is 0 Å². The monoisotopic (exact) mass is 548 g/mol. The lowest BCUT2D eigenvalue weighted by molar-refractivity contribution is -0.143. The van der Waals surface area contributed by atoms with Crippen molar-refractivity contribution >= 4 is 33.4 Å². The Labute approximate surface area is 239 Å². The summed E-state index contributed by atoms with van der Waals surface area (Å²) in [7, 11) is 0. The lowest BCUT2D eigenvalue weighted by Crippen LogP contribution is -2.56. The number of carbonyl (C=O) groups is 2. The second-order valence-electron chi connectivity index (χ2n) is 12.4. The van der Waals surface area contributed by atoms with E-state index in [0.29, 0.717) is 38.5 Å². The molecule has 0 radical (unpaired) electrons. The van der Waals surface area contributed by atoms with Gasteiger partial charge in [0.05, 0.1) is 23.3 Å². The first-order chi connectivity index (χ1) is 19.8. The maximum absolute atomic E-state index is 14.0. The number of benzene rings is 4. The zero-order chi connectivity index (χ0) is 28.2. The van der Waals surface area contributed by atoms with Gasteiger partial charge in [0.15, 0.2) is 0 Å². The van der Waals surface area contributed by atoms with Crippen LogP contribution in [0.15, 0.2) is 84.9 Å². The van der Waals surface area contributed by atoms with Gasteiger partial charge in [-0.3, -0.25) is 9.59 Å². The first kappa shape index (κ1) is 26.2. The van der Waals surface area contributed by atoms with E-state index in [4.69, 9.17) is 0 Å². The van der Waals surface area contributed by atoms with Crippen LogP contribution >= 0.6 is 0 Å². The Morgan fingerprint density at radius 1 is 0.561 bits per heavy atom. The van der Waals surface area contributed by atoms with Gasteiger partial charge in [0, 0.05) is 0 Å². The van der Waals surface area contributed by atoms with Crippen molar-refractivity contribution in [1.29, 1.82) is 0 Å². The van der Waals surface area contributed by atoms with E-state index in [1.807, 2.05) is 84.9 Å². The molecule has 0 aromatic heterocycles. The van der Waals surface area contributed by atoms with E-state index >= 15 is 0 Å². The Morgan fingerprint density at radius 2 is 0.951 bits per heavy atom. The minimum absolute atomic E-state index is 0.356. The van der Waals surface area contributed by atoms with Gasteiger partial charge in [-0.25, -0.2) is 0 Å². The fourth-order valence-corrected chi connectivity index (χ4v) is 6.88. The van der Waals surface area contributed by atoms with Crippen molar-refractivity contribution in [1.82, 2.24) is 10.6 Å². The molecule has 0 heterocycles. The largest absolute Gasteiger partial charge is 0.387 e. The molecule has 41 heavy (non-hydrogen) atoms. The zero-order valence-electron chi connectivity index (χ0n) is 23.1. The van der Waals surface area contributed by atoms with Crippen molar-refractivity contribution in [2.75, 3.05) is 0 Å². The zero-order valence-corrected chi connectivity index (χ0v) is 23.1. The summed E-state index contributed by atoms with van der Waals surface area (Å²) in [4.78, 5) is 28.0. The number of hydrogen-bond acceptors (Lipinski definition) is 4. The molecule has 3 saturated carbocycles. The van der Waals surface area contributed by atoms with E-state index < -0.39 is 28.7 Å². The number of nitrogens with one attached hydrogen (secondary N) is 2. The number of carbonyl (C=O) groups excluding carboxylic acids is 2. The van der Waals surface area contributed by atoms with E-state index in [1.54, 1.807) is 0 Å². The molecule has 4 aromatic carbocycles. The highest BCUT2D eigenvalue weighted by atomic mass is 16.3. The third-order valence-corrected chi connectivity index (χ3v) is 9.95. The molecule has 2 amide bonds. The summed E-state index contributed by atoms with van der Waals surface area (Å²) in [5.41, 5.74) is -1.59. The van der Waals surface area contributed by atoms with E-state index in [2.05, 4.69) is 10.6 Å². The van der Waals surface area contributed by atoms with Crippen LogP contribution < -0.4 is 10.6 Å². The SMILES string of the molecule is O=C(N[C@@H](c1cccc2ccccc12)C1(O)CCC1)C1(C(=O)N[C@@H](c2cccc3ccccc23)C2(O)CCC2)CC1.